The number of hydrogen-bond donors (Lipinski definition) is 1. The maximum Gasteiger partial charge on any atom is 0.124 e. The highest BCUT2D eigenvalue weighted by atomic mass is 35.5. The number of rotatable bonds is 7. The van der Waals surface area contributed by atoms with Gasteiger partial charge >= 0.3 is 0 Å². The highest BCUT2D eigenvalue weighted by molar-refractivity contribution is 6.30. The monoisotopic (exact) mass is 353 g/mol. The Labute approximate surface area is 153 Å². The molecule has 128 valence electrons. The molecule has 0 amide bonds. The molecule has 4 heteroatoms. The van der Waals surface area contributed by atoms with Crippen LogP contribution in [0, 0.1) is 0 Å². The second-order valence-electron chi connectivity index (χ2n) is 5.54. The van der Waals surface area contributed by atoms with E-state index in [2.05, 4.69) is 24.3 Å². The molecule has 0 bridgehead atoms. The Balaban J connectivity index is 1.51. The molecule has 0 unspecified atom stereocenters. The van der Waals surface area contributed by atoms with Crippen molar-refractivity contribution in [3.05, 3.63) is 83.4 Å². The van der Waals surface area contributed by atoms with Crippen molar-refractivity contribution < 1.29 is 9.47 Å². The maximum absolute atomic E-state index is 5.96. The lowest BCUT2D eigenvalue weighted by Gasteiger charge is -2.12. The molecule has 0 aliphatic heterocycles. The first kappa shape index (κ1) is 17.3. The Morgan fingerprint density at radius 3 is 2.16 bits per heavy atom. The van der Waals surface area contributed by atoms with E-state index >= 15 is 0 Å². The first-order chi connectivity index (χ1) is 12.3. The number of halogens is 1. The zero-order chi connectivity index (χ0) is 17.5. The standard InChI is InChI=1S/C21H20ClNO2/c22-19-8-11-21(18(14-19)15-23)25-13-12-24-20-9-6-17(7-10-20)16-4-2-1-3-5-16/h1-11,14H,12-13,15,23H2. The molecule has 0 fully saturated rings. The zero-order valence-electron chi connectivity index (χ0n) is 13.8. The molecule has 0 saturated heterocycles. The Bertz CT molecular complexity index is 804. The van der Waals surface area contributed by atoms with Crippen molar-refractivity contribution in [2.75, 3.05) is 13.2 Å². The first-order valence-electron chi connectivity index (χ1n) is 8.16. The van der Waals surface area contributed by atoms with Gasteiger partial charge in [0.15, 0.2) is 0 Å². The molecule has 25 heavy (non-hydrogen) atoms. The molecule has 2 N–H and O–H groups in total. The third kappa shape index (κ3) is 4.75. The number of hydrogen-bond acceptors (Lipinski definition) is 3. The number of nitrogens with two attached hydrogens (primary N) is 1. The normalized spacial score (nSPS) is 10.5. The van der Waals surface area contributed by atoms with Gasteiger partial charge in [-0.15, -0.1) is 0 Å². The Kier molecular flexibility index (Phi) is 5.94. The summed E-state index contributed by atoms with van der Waals surface area (Å²) in [6.45, 7) is 1.28. The molecule has 0 aliphatic rings. The fraction of sp³-hybridized carbons (Fsp3) is 0.143. The van der Waals surface area contributed by atoms with Gasteiger partial charge in [-0.25, -0.2) is 0 Å². The third-order valence-corrected chi connectivity index (χ3v) is 4.05. The second-order valence-corrected chi connectivity index (χ2v) is 5.98. The van der Waals surface area contributed by atoms with E-state index in [1.165, 1.54) is 5.56 Å². The quantitative estimate of drug-likeness (QED) is 0.613. The molecule has 0 atom stereocenters. The Morgan fingerprint density at radius 1 is 0.760 bits per heavy atom. The molecule has 3 aromatic rings. The van der Waals surface area contributed by atoms with Crippen LogP contribution in [0.5, 0.6) is 11.5 Å². The van der Waals surface area contributed by atoms with E-state index in [9.17, 15) is 0 Å². The lowest BCUT2D eigenvalue weighted by molar-refractivity contribution is 0.216. The summed E-state index contributed by atoms with van der Waals surface area (Å²) in [7, 11) is 0. The van der Waals surface area contributed by atoms with Gasteiger partial charge in [0, 0.05) is 17.1 Å². The van der Waals surface area contributed by atoms with Crippen LogP contribution in [0.3, 0.4) is 0 Å². The van der Waals surface area contributed by atoms with Gasteiger partial charge < -0.3 is 15.2 Å². The predicted octanol–water partition coefficient (Wildman–Crippen LogP) is 4.92. The lowest BCUT2D eigenvalue weighted by atomic mass is 10.1. The average molecular weight is 354 g/mol. The van der Waals surface area contributed by atoms with Gasteiger partial charge in [-0.2, -0.15) is 0 Å². The highest BCUT2D eigenvalue weighted by Gasteiger charge is 2.04. The summed E-state index contributed by atoms with van der Waals surface area (Å²) in [6, 6.07) is 23.7. The van der Waals surface area contributed by atoms with E-state index in [0.717, 1.165) is 22.6 Å². The van der Waals surface area contributed by atoms with Crippen LogP contribution in [0.4, 0.5) is 0 Å². The first-order valence-corrected chi connectivity index (χ1v) is 8.53. The molecule has 0 radical (unpaired) electrons. The van der Waals surface area contributed by atoms with Crippen LogP contribution in [-0.2, 0) is 6.54 Å². The van der Waals surface area contributed by atoms with Crippen LogP contribution in [-0.4, -0.2) is 13.2 Å². The number of ether oxygens (including phenoxy) is 2. The largest absolute Gasteiger partial charge is 0.490 e. The minimum absolute atomic E-state index is 0.387. The summed E-state index contributed by atoms with van der Waals surface area (Å²) in [5.74, 6) is 1.56. The SMILES string of the molecule is NCc1cc(Cl)ccc1OCCOc1ccc(-c2ccccc2)cc1. The minimum atomic E-state index is 0.387. The van der Waals surface area contributed by atoms with Crippen LogP contribution in [0.1, 0.15) is 5.56 Å². The summed E-state index contributed by atoms with van der Waals surface area (Å²) in [5, 5.41) is 0.655. The molecule has 0 aliphatic carbocycles. The van der Waals surface area contributed by atoms with Crippen LogP contribution < -0.4 is 15.2 Å². The fourth-order valence-electron chi connectivity index (χ4n) is 2.53. The topological polar surface area (TPSA) is 44.5 Å². The smallest absolute Gasteiger partial charge is 0.124 e. The van der Waals surface area contributed by atoms with Crippen molar-refractivity contribution in [1.29, 1.82) is 0 Å². The lowest BCUT2D eigenvalue weighted by Crippen LogP contribution is -2.11. The van der Waals surface area contributed by atoms with Crippen molar-refractivity contribution in [3.63, 3.8) is 0 Å². The molecule has 0 saturated carbocycles. The van der Waals surface area contributed by atoms with E-state index < -0.39 is 0 Å². The van der Waals surface area contributed by atoms with E-state index in [4.69, 9.17) is 26.8 Å². The van der Waals surface area contributed by atoms with Crippen LogP contribution in [0.2, 0.25) is 5.02 Å². The molecule has 0 aromatic heterocycles. The van der Waals surface area contributed by atoms with Gasteiger partial charge in [-0.05, 0) is 41.5 Å². The Hall–Kier alpha value is -2.49. The summed E-state index contributed by atoms with van der Waals surface area (Å²) >= 11 is 5.96. The van der Waals surface area contributed by atoms with Gasteiger partial charge in [0.2, 0.25) is 0 Å². The van der Waals surface area contributed by atoms with Crippen molar-refractivity contribution in [2.24, 2.45) is 5.73 Å². The summed E-state index contributed by atoms with van der Waals surface area (Å²) in [4.78, 5) is 0. The van der Waals surface area contributed by atoms with Gasteiger partial charge in [-0.3, -0.25) is 0 Å². The number of benzene rings is 3. The summed E-state index contributed by atoms with van der Waals surface area (Å²) in [5.41, 5.74) is 8.95. The zero-order valence-corrected chi connectivity index (χ0v) is 14.6. The Morgan fingerprint density at radius 2 is 1.44 bits per heavy atom. The summed E-state index contributed by atoms with van der Waals surface area (Å²) < 4.78 is 11.5. The van der Waals surface area contributed by atoms with Crippen molar-refractivity contribution in [3.8, 4) is 22.6 Å². The average Bonchev–Trinajstić information content (AvgIpc) is 2.67. The molecular weight excluding hydrogens is 334 g/mol. The molecular formula is C21H20ClNO2. The predicted molar refractivity (Wildman–Crippen MR) is 102 cm³/mol. The van der Waals surface area contributed by atoms with E-state index in [-0.39, 0.29) is 0 Å². The molecule has 3 aromatic carbocycles. The van der Waals surface area contributed by atoms with E-state index in [0.29, 0.717) is 24.8 Å². The van der Waals surface area contributed by atoms with Gasteiger partial charge in [0.1, 0.15) is 24.7 Å². The summed E-state index contributed by atoms with van der Waals surface area (Å²) in [6.07, 6.45) is 0. The van der Waals surface area contributed by atoms with E-state index in [1.807, 2.05) is 42.5 Å². The molecule has 3 nitrogen and oxygen atoms in total. The van der Waals surface area contributed by atoms with Gasteiger partial charge in [-0.1, -0.05) is 54.1 Å². The fourth-order valence-corrected chi connectivity index (χ4v) is 2.73. The van der Waals surface area contributed by atoms with Crippen LogP contribution in [0.25, 0.3) is 11.1 Å². The third-order valence-electron chi connectivity index (χ3n) is 3.81. The van der Waals surface area contributed by atoms with Crippen LogP contribution in [0.15, 0.2) is 72.8 Å². The van der Waals surface area contributed by atoms with Gasteiger partial charge in [0.25, 0.3) is 0 Å². The van der Waals surface area contributed by atoms with Crippen molar-refractivity contribution in [1.82, 2.24) is 0 Å². The maximum atomic E-state index is 5.96. The minimum Gasteiger partial charge on any atom is -0.490 e. The second kappa shape index (κ2) is 8.56. The molecule has 0 heterocycles. The molecule has 3 rings (SSSR count). The van der Waals surface area contributed by atoms with Crippen molar-refractivity contribution >= 4 is 11.6 Å². The highest BCUT2D eigenvalue weighted by Crippen LogP contribution is 2.23. The van der Waals surface area contributed by atoms with Gasteiger partial charge in [0.05, 0.1) is 0 Å². The van der Waals surface area contributed by atoms with Crippen LogP contribution >= 0.6 is 11.6 Å². The van der Waals surface area contributed by atoms with Crippen molar-refractivity contribution in [2.45, 2.75) is 6.54 Å². The van der Waals surface area contributed by atoms with E-state index in [1.54, 1.807) is 6.07 Å². The molecule has 0 spiro atoms.